The van der Waals surface area contributed by atoms with Crippen LogP contribution in [0, 0.1) is 11.8 Å². The second-order valence-corrected chi connectivity index (χ2v) is 3.73. The lowest BCUT2D eigenvalue weighted by Crippen LogP contribution is -1.98. The first-order valence-electron chi connectivity index (χ1n) is 5.48. The molecular weight excluding hydrogens is 192 g/mol. The number of carbonyl (C=O) groups is 1. The van der Waals surface area contributed by atoms with E-state index in [-0.39, 0.29) is 12.5 Å². The topological polar surface area (TPSA) is 57.5 Å². The van der Waals surface area contributed by atoms with Crippen LogP contribution in [0.3, 0.4) is 0 Å². The van der Waals surface area contributed by atoms with E-state index in [4.69, 9.17) is 10.2 Å². The van der Waals surface area contributed by atoms with E-state index in [9.17, 15) is 4.79 Å². The normalized spacial score (nSPS) is 11.6. The molecule has 0 aromatic heterocycles. The second kappa shape index (κ2) is 9.54. The fourth-order valence-electron chi connectivity index (χ4n) is 1.23. The summed E-state index contributed by atoms with van der Waals surface area (Å²) in [6, 6.07) is 0. The van der Waals surface area contributed by atoms with Gasteiger partial charge in [-0.2, -0.15) is 0 Å². The molecule has 0 saturated carbocycles. The standard InChI is InChI=1S/C12H20O3/c1-11(13)9-7-5-3-2-4-6-8-10-12(14)15/h11,13H,2-5,7,9-10H2,1H3,(H,14,15)/t11-/m1/s1. The van der Waals surface area contributed by atoms with E-state index >= 15 is 0 Å². The van der Waals surface area contributed by atoms with Crippen molar-refractivity contribution in [2.45, 2.75) is 58.0 Å². The van der Waals surface area contributed by atoms with Crippen molar-refractivity contribution in [3.8, 4) is 11.8 Å². The van der Waals surface area contributed by atoms with Crippen molar-refractivity contribution >= 4 is 5.97 Å². The predicted octanol–water partition coefficient (Wildman–Crippen LogP) is 2.19. The van der Waals surface area contributed by atoms with Crippen LogP contribution >= 0.6 is 0 Å². The Labute approximate surface area is 91.5 Å². The maximum Gasteiger partial charge on any atom is 0.315 e. The molecule has 1 atom stereocenters. The van der Waals surface area contributed by atoms with Crippen LogP contribution in [0.4, 0.5) is 0 Å². The number of aliphatic carboxylic acids is 1. The summed E-state index contributed by atoms with van der Waals surface area (Å²) < 4.78 is 0. The third-order valence-corrected chi connectivity index (χ3v) is 2.04. The van der Waals surface area contributed by atoms with Crippen molar-refractivity contribution < 1.29 is 15.0 Å². The highest BCUT2D eigenvalue weighted by Gasteiger charge is 1.94. The van der Waals surface area contributed by atoms with Gasteiger partial charge < -0.3 is 10.2 Å². The Morgan fingerprint density at radius 2 is 1.87 bits per heavy atom. The molecule has 2 N–H and O–H groups in total. The van der Waals surface area contributed by atoms with Crippen molar-refractivity contribution in [1.82, 2.24) is 0 Å². The van der Waals surface area contributed by atoms with Crippen LogP contribution in [-0.2, 0) is 4.79 Å². The number of carboxylic acid groups (broad SMARTS) is 1. The molecule has 0 aliphatic rings. The van der Waals surface area contributed by atoms with Crippen LogP contribution in [0.25, 0.3) is 0 Å². The summed E-state index contributed by atoms with van der Waals surface area (Å²) in [6.45, 7) is 1.80. The van der Waals surface area contributed by atoms with Crippen LogP contribution in [-0.4, -0.2) is 22.3 Å². The van der Waals surface area contributed by atoms with Gasteiger partial charge in [-0.15, -0.1) is 5.92 Å². The van der Waals surface area contributed by atoms with Crippen molar-refractivity contribution in [3.63, 3.8) is 0 Å². The van der Waals surface area contributed by atoms with Crippen LogP contribution in [0.2, 0.25) is 0 Å². The molecule has 0 amide bonds. The smallest absolute Gasteiger partial charge is 0.315 e. The molecule has 3 heteroatoms. The summed E-state index contributed by atoms with van der Waals surface area (Å²) in [5, 5.41) is 17.3. The zero-order valence-electron chi connectivity index (χ0n) is 9.33. The van der Waals surface area contributed by atoms with Gasteiger partial charge in [-0.1, -0.05) is 25.2 Å². The number of hydrogen-bond donors (Lipinski definition) is 2. The molecule has 0 saturated heterocycles. The highest BCUT2D eigenvalue weighted by Crippen LogP contribution is 2.06. The summed E-state index contributed by atoms with van der Waals surface area (Å²) in [7, 11) is 0. The van der Waals surface area contributed by atoms with E-state index in [0.29, 0.717) is 0 Å². The van der Waals surface area contributed by atoms with Gasteiger partial charge in [-0.3, -0.25) is 4.79 Å². The van der Waals surface area contributed by atoms with E-state index in [1.165, 1.54) is 0 Å². The van der Waals surface area contributed by atoms with Crippen molar-refractivity contribution in [2.75, 3.05) is 0 Å². The SMILES string of the molecule is C[C@@H](O)CCCCCCC#CCC(=O)O. The quantitative estimate of drug-likeness (QED) is 0.502. The highest BCUT2D eigenvalue weighted by molar-refractivity contribution is 5.69. The van der Waals surface area contributed by atoms with Gasteiger partial charge in [0.2, 0.25) is 0 Å². The summed E-state index contributed by atoms with van der Waals surface area (Å²) in [5.74, 6) is 4.58. The third kappa shape index (κ3) is 13.0. The summed E-state index contributed by atoms with van der Waals surface area (Å²) in [6.07, 6.45) is 5.70. The first kappa shape index (κ1) is 14.0. The summed E-state index contributed by atoms with van der Waals surface area (Å²) in [5.41, 5.74) is 0. The number of hydrogen-bond acceptors (Lipinski definition) is 2. The molecule has 0 aromatic rings. The molecule has 86 valence electrons. The van der Waals surface area contributed by atoms with E-state index < -0.39 is 5.97 Å². The fraction of sp³-hybridized carbons (Fsp3) is 0.750. The number of rotatable bonds is 7. The molecule has 0 heterocycles. The molecule has 0 spiro atoms. The molecule has 0 unspecified atom stereocenters. The number of aliphatic hydroxyl groups is 1. The molecule has 0 radical (unpaired) electrons. The van der Waals surface area contributed by atoms with Gasteiger partial charge in [-0.25, -0.2) is 0 Å². The zero-order valence-corrected chi connectivity index (χ0v) is 9.33. The number of unbranched alkanes of at least 4 members (excludes halogenated alkanes) is 4. The van der Waals surface area contributed by atoms with Crippen molar-refractivity contribution in [3.05, 3.63) is 0 Å². The monoisotopic (exact) mass is 212 g/mol. The van der Waals surface area contributed by atoms with Crippen molar-refractivity contribution in [2.24, 2.45) is 0 Å². The van der Waals surface area contributed by atoms with E-state index in [2.05, 4.69) is 11.8 Å². The Hall–Kier alpha value is -1.01. The molecule has 15 heavy (non-hydrogen) atoms. The molecule has 3 nitrogen and oxygen atoms in total. The van der Waals surface area contributed by atoms with E-state index in [1.807, 2.05) is 0 Å². The molecule has 0 rings (SSSR count). The van der Waals surface area contributed by atoms with Gasteiger partial charge in [0.05, 0.1) is 6.10 Å². The Morgan fingerprint density at radius 3 is 2.47 bits per heavy atom. The molecule has 0 aromatic carbocycles. The molecule has 0 aliphatic carbocycles. The molecular formula is C12H20O3. The molecule has 0 fully saturated rings. The minimum absolute atomic E-state index is 0.0535. The van der Waals surface area contributed by atoms with E-state index in [0.717, 1.165) is 38.5 Å². The van der Waals surface area contributed by atoms with Crippen LogP contribution in [0.15, 0.2) is 0 Å². The minimum Gasteiger partial charge on any atom is -0.481 e. The number of aliphatic hydroxyl groups excluding tert-OH is 1. The Morgan fingerprint density at radius 1 is 1.20 bits per heavy atom. The lowest BCUT2D eigenvalue weighted by atomic mass is 10.1. The van der Waals surface area contributed by atoms with Gasteiger partial charge in [-0.05, 0) is 19.8 Å². The summed E-state index contributed by atoms with van der Waals surface area (Å²) in [4.78, 5) is 10.1. The van der Waals surface area contributed by atoms with Crippen molar-refractivity contribution in [1.29, 1.82) is 0 Å². The number of carboxylic acids is 1. The minimum atomic E-state index is -0.862. The molecule has 0 bridgehead atoms. The molecule has 0 aliphatic heterocycles. The first-order chi connectivity index (χ1) is 7.13. The van der Waals surface area contributed by atoms with Gasteiger partial charge in [0.1, 0.15) is 6.42 Å². The lowest BCUT2D eigenvalue weighted by Gasteiger charge is -2.02. The Kier molecular flexibility index (Phi) is 8.90. The maximum atomic E-state index is 10.1. The summed E-state index contributed by atoms with van der Waals surface area (Å²) >= 11 is 0. The third-order valence-electron chi connectivity index (χ3n) is 2.04. The fourth-order valence-corrected chi connectivity index (χ4v) is 1.23. The largest absolute Gasteiger partial charge is 0.481 e. The Bertz CT molecular complexity index is 223. The van der Waals surface area contributed by atoms with E-state index in [1.54, 1.807) is 6.92 Å². The average Bonchev–Trinajstić information content (AvgIpc) is 2.14. The van der Waals surface area contributed by atoms with Gasteiger partial charge in [0, 0.05) is 6.42 Å². The van der Waals surface area contributed by atoms with Gasteiger partial charge in [0.15, 0.2) is 0 Å². The highest BCUT2D eigenvalue weighted by atomic mass is 16.4. The average molecular weight is 212 g/mol. The van der Waals surface area contributed by atoms with Gasteiger partial charge in [0.25, 0.3) is 0 Å². The lowest BCUT2D eigenvalue weighted by molar-refractivity contribution is -0.135. The maximum absolute atomic E-state index is 10.1. The second-order valence-electron chi connectivity index (χ2n) is 3.73. The van der Waals surface area contributed by atoms with Crippen LogP contribution in [0.5, 0.6) is 0 Å². The van der Waals surface area contributed by atoms with Gasteiger partial charge >= 0.3 is 5.97 Å². The predicted molar refractivity (Wildman–Crippen MR) is 59.4 cm³/mol. The van der Waals surface area contributed by atoms with Crippen LogP contribution in [0.1, 0.15) is 51.9 Å². The Balaban J connectivity index is 3.16. The first-order valence-corrected chi connectivity index (χ1v) is 5.48. The van der Waals surface area contributed by atoms with Crippen LogP contribution < -0.4 is 0 Å². The zero-order chi connectivity index (χ0) is 11.5.